The molecule has 0 spiro atoms. The highest BCUT2D eigenvalue weighted by Crippen LogP contribution is 2.48. The minimum Gasteiger partial charge on any atom is -0.478 e. The molecule has 0 atom stereocenters. The Bertz CT molecular complexity index is 718. The van der Waals surface area contributed by atoms with E-state index in [4.69, 9.17) is 5.11 Å². The number of hydrogen-bond donors (Lipinski definition) is 1. The van der Waals surface area contributed by atoms with Crippen molar-refractivity contribution < 1.29 is 23.1 Å². The molecule has 0 saturated heterocycles. The molecule has 0 radical (unpaired) electrons. The van der Waals surface area contributed by atoms with Gasteiger partial charge in [0.1, 0.15) is 4.90 Å². The Morgan fingerprint density at radius 2 is 2.00 bits per heavy atom. The van der Waals surface area contributed by atoms with Crippen LogP contribution in [-0.4, -0.2) is 35.2 Å². The second-order valence-electron chi connectivity index (χ2n) is 5.09. The van der Waals surface area contributed by atoms with Crippen molar-refractivity contribution in [3.05, 3.63) is 29.3 Å². The molecule has 6 nitrogen and oxygen atoms in total. The Labute approximate surface area is 109 Å². The van der Waals surface area contributed by atoms with Crippen LogP contribution >= 0.6 is 0 Å². The highest BCUT2D eigenvalue weighted by molar-refractivity contribution is 7.90. The molecule has 0 bridgehead atoms. The summed E-state index contributed by atoms with van der Waals surface area (Å²) in [5, 5.41) is 8.90. The second kappa shape index (κ2) is 3.36. The summed E-state index contributed by atoms with van der Waals surface area (Å²) in [5.74, 6) is -1.78. The van der Waals surface area contributed by atoms with Crippen molar-refractivity contribution in [2.45, 2.75) is 30.2 Å². The van der Waals surface area contributed by atoms with Gasteiger partial charge in [0.15, 0.2) is 0 Å². The molecule has 1 aromatic rings. The summed E-state index contributed by atoms with van der Waals surface area (Å²) in [6, 6.07) is 3.56. The quantitative estimate of drug-likeness (QED) is 0.875. The van der Waals surface area contributed by atoms with Gasteiger partial charge in [-0.3, -0.25) is 4.79 Å². The number of sulfonamides is 1. The average molecular weight is 281 g/mol. The first-order chi connectivity index (χ1) is 8.77. The van der Waals surface area contributed by atoms with Gasteiger partial charge in [0, 0.05) is 0 Å². The van der Waals surface area contributed by atoms with E-state index in [9.17, 15) is 18.0 Å². The molecule has 7 heteroatoms. The summed E-state index contributed by atoms with van der Waals surface area (Å²) in [5.41, 5.74) is -0.741. The lowest BCUT2D eigenvalue weighted by Crippen LogP contribution is -2.39. The molecule has 1 N–H and O–H groups in total. The first-order valence-corrected chi connectivity index (χ1v) is 7.18. The molecule has 0 aromatic heterocycles. The van der Waals surface area contributed by atoms with Crippen molar-refractivity contribution in [2.24, 2.45) is 0 Å². The Hall–Kier alpha value is -1.89. The molecule has 100 valence electrons. The summed E-state index contributed by atoms with van der Waals surface area (Å²) in [6.45, 7) is 1.71. The van der Waals surface area contributed by atoms with Crippen LogP contribution in [0.4, 0.5) is 0 Å². The largest absolute Gasteiger partial charge is 0.478 e. The van der Waals surface area contributed by atoms with Crippen molar-refractivity contribution in [3.8, 4) is 0 Å². The number of carboxylic acid groups (broad SMARTS) is 1. The van der Waals surface area contributed by atoms with Crippen LogP contribution in [0.5, 0.6) is 0 Å². The smallest absolute Gasteiger partial charge is 0.335 e. The molecule has 19 heavy (non-hydrogen) atoms. The van der Waals surface area contributed by atoms with Crippen molar-refractivity contribution in [1.29, 1.82) is 0 Å². The van der Waals surface area contributed by atoms with E-state index in [1.54, 1.807) is 6.92 Å². The second-order valence-corrected chi connectivity index (χ2v) is 6.84. The zero-order valence-corrected chi connectivity index (χ0v) is 10.9. The van der Waals surface area contributed by atoms with Crippen LogP contribution in [-0.2, 0) is 10.0 Å². The average Bonchev–Trinajstić information content (AvgIpc) is 3.01. The lowest BCUT2D eigenvalue weighted by molar-refractivity contribution is 0.0695. The maximum Gasteiger partial charge on any atom is 0.335 e. The van der Waals surface area contributed by atoms with E-state index in [-0.39, 0.29) is 16.0 Å². The van der Waals surface area contributed by atoms with Gasteiger partial charge in [0.05, 0.1) is 16.7 Å². The highest BCUT2D eigenvalue weighted by Gasteiger charge is 2.56. The van der Waals surface area contributed by atoms with Gasteiger partial charge in [-0.25, -0.2) is 17.5 Å². The molecule has 1 aliphatic carbocycles. The van der Waals surface area contributed by atoms with E-state index >= 15 is 0 Å². The summed E-state index contributed by atoms with van der Waals surface area (Å²) in [6.07, 6.45) is 1.27. The molecule has 2 aliphatic rings. The third-order valence-electron chi connectivity index (χ3n) is 3.63. The fourth-order valence-electron chi connectivity index (χ4n) is 2.28. The van der Waals surface area contributed by atoms with Gasteiger partial charge in [0.2, 0.25) is 0 Å². The number of carbonyl (C=O) groups excluding carboxylic acids is 1. The van der Waals surface area contributed by atoms with Crippen LogP contribution in [0.1, 0.15) is 40.5 Å². The van der Waals surface area contributed by atoms with Crippen molar-refractivity contribution in [1.82, 2.24) is 4.31 Å². The number of amides is 1. The van der Waals surface area contributed by atoms with Crippen LogP contribution in [0.3, 0.4) is 0 Å². The van der Waals surface area contributed by atoms with E-state index in [1.165, 1.54) is 12.1 Å². The van der Waals surface area contributed by atoms with Gasteiger partial charge in [-0.2, -0.15) is 0 Å². The third-order valence-corrected chi connectivity index (χ3v) is 5.61. The van der Waals surface area contributed by atoms with E-state index in [1.807, 2.05) is 0 Å². The number of carboxylic acids is 1. The first kappa shape index (κ1) is 12.2. The highest BCUT2D eigenvalue weighted by atomic mass is 32.2. The Balaban J connectivity index is 2.22. The number of hydrogen-bond acceptors (Lipinski definition) is 4. The lowest BCUT2D eigenvalue weighted by Gasteiger charge is -2.22. The standard InChI is InChI=1S/C12H11NO5S/c1-12(4-5-12)13-10(14)8-3-2-7(11(15)16)6-9(8)19(13,17)18/h2-3,6H,4-5H2,1H3,(H,15,16). The minimum absolute atomic E-state index is 0.0538. The number of aromatic carboxylic acids is 1. The number of carbonyl (C=O) groups is 2. The lowest BCUT2D eigenvalue weighted by atomic mass is 10.1. The topological polar surface area (TPSA) is 91.8 Å². The zero-order valence-electron chi connectivity index (χ0n) is 10.1. The molecule has 3 rings (SSSR count). The third kappa shape index (κ3) is 1.51. The van der Waals surface area contributed by atoms with Gasteiger partial charge in [-0.1, -0.05) is 0 Å². The van der Waals surface area contributed by atoms with E-state index in [0.717, 1.165) is 10.4 Å². The first-order valence-electron chi connectivity index (χ1n) is 5.74. The van der Waals surface area contributed by atoms with Crippen LogP contribution in [0, 0.1) is 0 Å². The molecule has 1 heterocycles. The van der Waals surface area contributed by atoms with Crippen LogP contribution in [0.25, 0.3) is 0 Å². The molecular formula is C12H11NO5S. The van der Waals surface area contributed by atoms with Crippen LogP contribution in [0.15, 0.2) is 23.1 Å². The number of nitrogens with zero attached hydrogens (tertiary/aromatic N) is 1. The van der Waals surface area contributed by atoms with Gasteiger partial charge < -0.3 is 5.11 Å². The predicted molar refractivity (Wildman–Crippen MR) is 64.4 cm³/mol. The maximum atomic E-state index is 12.4. The SMILES string of the molecule is CC1(N2C(=O)c3ccc(C(=O)O)cc3S2(=O)=O)CC1. The molecule has 1 aromatic carbocycles. The molecule has 1 fully saturated rings. The molecule has 1 saturated carbocycles. The van der Waals surface area contributed by atoms with Crippen molar-refractivity contribution >= 4 is 21.9 Å². The van der Waals surface area contributed by atoms with Crippen LogP contribution in [0.2, 0.25) is 0 Å². The van der Waals surface area contributed by atoms with Gasteiger partial charge in [-0.05, 0) is 38.0 Å². The summed E-state index contributed by atoms with van der Waals surface area (Å²) >= 11 is 0. The molecular weight excluding hydrogens is 270 g/mol. The Morgan fingerprint density at radius 3 is 2.53 bits per heavy atom. The van der Waals surface area contributed by atoms with Crippen molar-refractivity contribution in [2.75, 3.05) is 0 Å². The monoisotopic (exact) mass is 281 g/mol. The number of rotatable bonds is 2. The Kier molecular flexibility index (Phi) is 2.15. The fraction of sp³-hybridized carbons (Fsp3) is 0.333. The van der Waals surface area contributed by atoms with E-state index in [2.05, 4.69) is 0 Å². The minimum atomic E-state index is -3.93. The van der Waals surface area contributed by atoms with Gasteiger partial charge >= 0.3 is 5.97 Å². The maximum absolute atomic E-state index is 12.4. The van der Waals surface area contributed by atoms with Gasteiger partial charge in [-0.15, -0.1) is 0 Å². The fourth-order valence-corrected chi connectivity index (χ4v) is 4.27. The number of fused-ring (bicyclic) bond motifs is 1. The number of benzene rings is 1. The summed E-state index contributed by atoms with van der Waals surface area (Å²) in [7, 11) is -3.93. The zero-order chi connectivity index (χ0) is 14.0. The molecule has 0 unspecified atom stereocenters. The summed E-state index contributed by atoms with van der Waals surface area (Å²) < 4.78 is 25.6. The van der Waals surface area contributed by atoms with Crippen LogP contribution < -0.4 is 0 Å². The Morgan fingerprint density at radius 1 is 1.37 bits per heavy atom. The van der Waals surface area contributed by atoms with E-state index in [0.29, 0.717) is 12.8 Å². The molecule has 1 aliphatic heterocycles. The molecule has 1 amide bonds. The van der Waals surface area contributed by atoms with E-state index < -0.39 is 27.4 Å². The predicted octanol–water partition coefficient (Wildman–Crippen LogP) is 1.08. The van der Waals surface area contributed by atoms with Gasteiger partial charge in [0.25, 0.3) is 15.9 Å². The normalized spacial score (nSPS) is 22.2. The van der Waals surface area contributed by atoms with Crippen molar-refractivity contribution in [3.63, 3.8) is 0 Å². The summed E-state index contributed by atoms with van der Waals surface area (Å²) in [4.78, 5) is 22.9.